The first kappa shape index (κ1) is 24.2. The van der Waals surface area contributed by atoms with Crippen molar-refractivity contribution in [2.45, 2.75) is 20.5 Å². The molecule has 0 aliphatic rings. The highest BCUT2D eigenvalue weighted by Crippen LogP contribution is 2.37. The van der Waals surface area contributed by atoms with Crippen LogP contribution in [0.5, 0.6) is 23.0 Å². The summed E-state index contributed by atoms with van der Waals surface area (Å²) in [5.41, 5.74) is 3.04. The first-order valence-electron chi connectivity index (χ1n) is 11.3. The van der Waals surface area contributed by atoms with Gasteiger partial charge in [-0.2, -0.15) is 0 Å². The van der Waals surface area contributed by atoms with Gasteiger partial charge in [0.1, 0.15) is 18.1 Å². The smallest absolute Gasteiger partial charge is 0.255 e. The molecule has 0 heterocycles. The van der Waals surface area contributed by atoms with E-state index in [1.807, 2.05) is 68.4 Å². The molecule has 178 valence electrons. The molecule has 4 rings (SSSR count). The van der Waals surface area contributed by atoms with Crippen LogP contribution in [0.4, 0.5) is 5.69 Å². The number of aryl methyl sites for hydroxylation is 1. The van der Waals surface area contributed by atoms with Gasteiger partial charge in [0.2, 0.25) is 0 Å². The zero-order valence-electron chi connectivity index (χ0n) is 19.6. The minimum Gasteiger partial charge on any atom is -0.490 e. The zero-order chi connectivity index (χ0) is 24.6. The Morgan fingerprint density at radius 1 is 0.857 bits per heavy atom. The van der Waals surface area contributed by atoms with Crippen LogP contribution in [0.15, 0.2) is 91.0 Å². The van der Waals surface area contributed by atoms with Crippen LogP contribution in [0.25, 0.3) is 0 Å². The third-order valence-corrected chi connectivity index (χ3v) is 5.51. The number of rotatable bonds is 9. The first-order chi connectivity index (χ1) is 17.0. The molecule has 0 fully saturated rings. The monoisotopic (exact) mass is 487 g/mol. The molecule has 0 spiro atoms. The molecule has 0 radical (unpaired) electrons. The van der Waals surface area contributed by atoms with E-state index in [2.05, 4.69) is 5.32 Å². The van der Waals surface area contributed by atoms with Crippen molar-refractivity contribution in [3.63, 3.8) is 0 Å². The minimum atomic E-state index is -0.310. The number of carbonyl (C=O) groups is 1. The molecular weight excluding hydrogens is 462 g/mol. The van der Waals surface area contributed by atoms with Gasteiger partial charge in [0.05, 0.1) is 11.6 Å². The van der Waals surface area contributed by atoms with Gasteiger partial charge in [-0.1, -0.05) is 60.1 Å². The lowest BCUT2D eigenvalue weighted by Crippen LogP contribution is -2.12. The molecule has 0 bridgehead atoms. The molecule has 0 aliphatic heterocycles. The third kappa shape index (κ3) is 6.34. The summed E-state index contributed by atoms with van der Waals surface area (Å²) in [5.74, 6) is 1.99. The Kier molecular flexibility index (Phi) is 7.91. The number of carbonyl (C=O) groups excluding carboxylic acids is 1. The van der Waals surface area contributed by atoms with Gasteiger partial charge in [-0.05, 0) is 67.4 Å². The average Bonchev–Trinajstić information content (AvgIpc) is 2.87. The average molecular weight is 488 g/mol. The van der Waals surface area contributed by atoms with E-state index in [4.69, 9.17) is 25.8 Å². The Hall–Kier alpha value is -3.96. The van der Waals surface area contributed by atoms with Gasteiger partial charge in [0.25, 0.3) is 5.91 Å². The van der Waals surface area contributed by atoms with Gasteiger partial charge in [-0.25, -0.2) is 0 Å². The van der Waals surface area contributed by atoms with Gasteiger partial charge >= 0.3 is 0 Å². The van der Waals surface area contributed by atoms with E-state index in [9.17, 15) is 4.79 Å². The number of benzene rings is 4. The maximum absolute atomic E-state index is 12.9. The third-order valence-electron chi connectivity index (χ3n) is 5.23. The summed E-state index contributed by atoms with van der Waals surface area (Å²) in [6.07, 6.45) is 0. The molecule has 4 aromatic rings. The molecule has 4 aromatic carbocycles. The van der Waals surface area contributed by atoms with Crippen LogP contribution < -0.4 is 19.5 Å². The molecule has 1 amide bonds. The molecule has 5 nitrogen and oxygen atoms in total. The van der Waals surface area contributed by atoms with E-state index in [-0.39, 0.29) is 5.91 Å². The fourth-order valence-corrected chi connectivity index (χ4v) is 3.70. The second-order valence-corrected chi connectivity index (χ2v) is 8.25. The van der Waals surface area contributed by atoms with Crippen molar-refractivity contribution in [3.05, 3.63) is 113 Å². The Morgan fingerprint density at radius 3 is 2.29 bits per heavy atom. The summed E-state index contributed by atoms with van der Waals surface area (Å²) < 4.78 is 17.6. The number of amides is 1. The highest BCUT2D eigenvalue weighted by molar-refractivity contribution is 6.32. The van der Waals surface area contributed by atoms with Crippen LogP contribution in [0.2, 0.25) is 5.02 Å². The standard InChI is InChI=1S/C29H26ClNO4/c1-3-33-27-18-22(17-25(30)28(27)34-19-21-10-5-4-6-11-21)29(32)31-23-13-15-24(16-14-23)35-26-12-8-7-9-20(26)2/h4-18H,3,19H2,1-2H3,(H,31,32). The van der Waals surface area contributed by atoms with E-state index >= 15 is 0 Å². The molecule has 6 heteroatoms. The molecule has 0 aliphatic carbocycles. The summed E-state index contributed by atoms with van der Waals surface area (Å²) in [7, 11) is 0. The van der Waals surface area contributed by atoms with Crippen LogP contribution in [0.1, 0.15) is 28.4 Å². The number of hydrogen-bond acceptors (Lipinski definition) is 4. The van der Waals surface area contributed by atoms with Crippen molar-refractivity contribution >= 4 is 23.2 Å². The maximum atomic E-state index is 12.9. The number of para-hydroxylation sites is 1. The molecule has 0 atom stereocenters. The fourth-order valence-electron chi connectivity index (χ4n) is 3.44. The number of anilines is 1. The molecule has 0 aromatic heterocycles. The highest BCUT2D eigenvalue weighted by atomic mass is 35.5. The lowest BCUT2D eigenvalue weighted by molar-refractivity contribution is 0.102. The fraction of sp³-hybridized carbons (Fsp3) is 0.138. The second-order valence-electron chi connectivity index (χ2n) is 7.84. The van der Waals surface area contributed by atoms with Crippen LogP contribution in [0, 0.1) is 6.92 Å². The van der Waals surface area contributed by atoms with E-state index in [1.54, 1.807) is 36.4 Å². The summed E-state index contributed by atoms with van der Waals surface area (Å²) in [6.45, 7) is 4.60. The highest BCUT2D eigenvalue weighted by Gasteiger charge is 2.17. The number of halogens is 1. The minimum absolute atomic E-state index is 0.305. The molecular formula is C29H26ClNO4. The molecule has 35 heavy (non-hydrogen) atoms. The van der Waals surface area contributed by atoms with E-state index < -0.39 is 0 Å². The summed E-state index contributed by atoms with van der Waals surface area (Å²) in [5, 5.41) is 3.19. The summed E-state index contributed by atoms with van der Waals surface area (Å²) in [4.78, 5) is 12.9. The first-order valence-corrected chi connectivity index (χ1v) is 11.7. The lowest BCUT2D eigenvalue weighted by atomic mass is 10.1. The quantitative estimate of drug-likeness (QED) is 0.263. The largest absolute Gasteiger partial charge is 0.490 e. The number of nitrogens with one attached hydrogen (secondary N) is 1. The maximum Gasteiger partial charge on any atom is 0.255 e. The zero-order valence-corrected chi connectivity index (χ0v) is 20.3. The Labute approximate surface area is 210 Å². The Bertz CT molecular complexity index is 1290. The van der Waals surface area contributed by atoms with Gasteiger partial charge < -0.3 is 19.5 Å². The van der Waals surface area contributed by atoms with Gasteiger partial charge in [0.15, 0.2) is 11.5 Å². The predicted molar refractivity (Wildman–Crippen MR) is 139 cm³/mol. The van der Waals surface area contributed by atoms with Gasteiger partial charge in [-0.3, -0.25) is 4.79 Å². The van der Waals surface area contributed by atoms with E-state index in [1.165, 1.54) is 0 Å². The van der Waals surface area contributed by atoms with Crippen molar-refractivity contribution in [3.8, 4) is 23.0 Å². The van der Waals surface area contributed by atoms with E-state index in [0.29, 0.717) is 46.7 Å². The topological polar surface area (TPSA) is 56.8 Å². The van der Waals surface area contributed by atoms with Gasteiger partial charge in [-0.15, -0.1) is 0 Å². The molecule has 0 saturated carbocycles. The van der Waals surface area contributed by atoms with Crippen molar-refractivity contribution in [1.82, 2.24) is 0 Å². The van der Waals surface area contributed by atoms with Crippen LogP contribution in [-0.4, -0.2) is 12.5 Å². The van der Waals surface area contributed by atoms with Gasteiger partial charge in [0, 0.05) is 11.3 Å². The van der Waals surface area contributed by atoms with Crippen molar-refractivity contribution in [2.24, 2.45) is 0 Å². The summed E-state index contributed by atoms with van der Waals surface area (Å²) >= 11 is 6.49. The lowest BCUT2D eigenvalue weighted by Gasteiger charge is -2.15. The summed E-state index contributed by atoms with van der Waals surface area (Å²) in [6, 6.07) is 28.0. The van der Waals surface area contributed by atoms with Crippen LogP contribution >= 0.6 is 11.6 Å². The van der Waals surface area contributed by atoms with Crippen LogP contribution in [0.3, 0.4) is 0 Å². The SMILES string of the molecule is CCOc1cc(C(=O)Nc2ccc(Oc3ccccc3C)cc2)cc(Cl)c1OCc1ccccc1. The van der Waals surface area contributed by atoms with Crippen LogP contribution in [-0.2, 0) is 6.61 Å². The Balaban J connectivity index is 1.46. The predicted octanol–water partition coefficient (Wildman–Crippen LogP) is 7.67. The normalized spacial score (nSPS) is 10.5. The van der Waals surface area contributed by atoms with Crippen molar-refractivity contribution in [1.29, 1.82) is 0 Å². The molecule has 0 saturated heterocycles. The second kappa shape index (κ2) is 11.4. The Morgan fingerprint density at radius 2 is 1.57 bits per heavy atom. The van der Waals surface area contributed by atoms with E-state index in [0.717, 1.165) is 16.9 Å². The number of hydrogen-bond donors (Lipinski definition) is 1. The molecule has 1 N–H and O–H groups in total. The van der Waals surface area contributed by atoms with Crippen molar-refractivity contribution in [2.75, 3.05) is 11.9 Å². The molecule has 0 unspecified atom stereocenters. The van der Waals surface area contributed by atoms with Crippen molar-refractivity contribution < 1.29 is 19.0 Å². The number of ether oxygens (including phenoxy) is 3.